The number of para-hydroxylation sites is 2. The summed E-state index contributed by atoms with van der Waals surface area (Å²) in [6.07, 6.45) is -4.86. The first-order valence-corrected chi connectivity index (χ1v) is 12.0. The third-order valence-corrected chi connectivity index (χ3v) is 6.48. The van der Waals surface area contributed by atoms with Crippen molar-refractivity contribution in [3.63, 3.8) is 0 Å². The normalized spacial score (nSPS) is 11.4. The second-order valence-corrected chi connectivity index (χ2v) is 8.97. The highest BCUT2D eigenvalue weighted by molar-refractivity contribution is 6.34. The molecule has 0 fully saturated rings. The first-order valence-electron chi connectivity index (χ1n) is 11.6. The number of alkyl halides is 3. The van der Waals surface area contributed by atoms with Gasteiger partial charge in [-0.25, -0.2) is 9.69 Å². The number of carbonyl (C=O) groups excluding carboxylic acids is 1. The van der Waals surface area contributed by atoms with Gasteiger partial charge >= 0.3 is 12.3 Å². The fourth-order valence-corrected chi connectivity index (χ4v) is 4.69. The van der Waals surface area contributed by atoms with Crippen LogP contribution in [0.15, 0.2) is 103 Å². The number of carbonyl (C=O) groups is 2. The monoisotopic (exact) mass is 546 g/mol. The van der Waals surface area contributed by atoms with Crippen molar-refractivity contribution < 1.29 is 27.9 Å². The molecule has 0 saturated heterocycles. The fraction of sp³-hybridized carbons (Fsp3) is 0.0333. The Labute approximate surface area is 225 Å². The molecule has 9 heteroatoms. The molecule has 1 heterocycles. The molecule has 0 aliphatic rings. The van der Waals surface area contributed by atoms with Crippen molar-refractivity contribution in [3.8, 4) is 11.1 Å². The average molecular weight is 547 g/mol. The molecular weight excluding hydrogens is 529 g/mol. The summed E-state index contributed by atoms with van der Waals surface area (Å²) in [5.41, 5.74) is 0.0428. The highest BCUT2D eigenvalue weighted by atomic mass is 35.5. The van der Waals surface area contributed by atoms with Gasteiger partial charge in [0.1, 0.15) is 0 Å². The largest absolute Gasteiger partial charge is 0.464 e. The number of nitrogens with zero attached hydrogens (tertiary/aromatic N) is 2. The molecule has 1 N–H and O–H groups in total. The Kier molecular flexibility index (Phi) is 6.80. The molecule has 0 aliphatic heterocycles. The number of anilines is 2. The lowest BCUT2D eigenvalue weighted by Crippen LogP contribution is -2.24. The first-order chi connectivity index (χ1) is 18.7. The number of carboxylic acid groups (broad SMARTS) is 1. The zero-order chi connectivity index (χ0) is 27.7. The van der Waals surface area contributed by atoms with E-state index >= 15 is 0 Å². The van der Waals surface area contributed by atoms with E-state index in [2.05, 4.69) is 4.98 Å². The highest BCUT2D eigenvalue weighted by Gasteiger charge is 2.34. The Morgan fingerprint density at radius 3 is 2.23 bits per heavy atom. The SMILES string of the molecule is O=C(c1ccccc1)c1cnc2c(C(F)(F)F)cccc2c1-c1cccc(N(C(=O)O)c2ccccc2Cl)c1. The van der Waals surface area contributed by atoms with Gasteiger partial charge in [0.2, 0.25) is 0 Å². The molecule has 0 spiro atoms. The number of halogens is 4. The lowest BCUT2D eigenvalue weighted by molar-refractivity contribution is -0.136. The zero-order valence-corrected chi connectivity index (χ0v) is 20.7. The Hall–Kier alpha value is -4.69. The van der Waals surface area contributed by atoms with Gasteiger partial charge in [-0.15, -0.1) is 0 Å². The summed E-state index contributed by atoms with van der Waals surface area (Å²) < 4.78 is 41.6. The van der Waals surface area contributed by atoms with Crippen molar-refractivity contribution in [3.05, 3.63) is 125 Å². The van der Waals surface area contributed by atoms with Crippen molar-refractivity contribution in [2.75, 3.05) is 4.90 Å². The standard InChI is InChI=1S/C30H18ClF3N2O3/c31-24-14-4-5-15-25(24)36(29(38)39)20-11-6-10-19(16-20)26-21-12-7-13-23(30(32,33)34)27(21)35-17-22(26)28(37)18-8-2-1-3-9-18/h1-17H,(H,38,39). The van der Waals surface area contributed by atoms with Crippen LogP contribution in [0, 0.1) is 0 Å². The van der Waals surface area contributed by atoms with Crippen LogP contribution in [0.2, 0.25) is 5.02 Å². The molecular formula is C30H18ClF3N2O3. The Morgan fingerprint density at radius 2 is 1.54 bits per heavy atom. The minimum atomic E-state index is -4.68. The predicted molar refractivity (Wildman–Crippen MR) is 144 cm³/mol. The average Bonchev–Trinajstić information content (AvgIpc) is 2.93. The number of ketones is 1. The van der Waals surface area contributed by atoms with Gasteiger partial charge < -0.3 is 5.11 Å². The summed E-state index contributed by atoms with van der Waals surface area (Å²) in [4.78, 5) is 30.9. The maximum absolute atomic E-state index is 13.9. The molecule has 39 heavy (non-hydrogen) atoms. The number of aromatic nitrogens is 1. The van der Waals surface area contributed by atoms with Gasteiger partial charge in [0.25, 0.3) is 0 Å². The van der Waals surface area contributed by atoms with Crippen LogP contribution in [0.1, 0.15) is 21.5 Å². The summed E-state index contributed by atoms with van der Waals surface area (Å²) in [6, 6.07) is 24.5. The summed E-state index contributed by atoms with van der Waals surface area (Å²) in [5, 5.41) is 10.3. The van der Waals surface area contributed by atoms with E-state index in [4.69, 9.17) is 11.6 Å². The van der Waals surface area contributed by atoms with Crippen LogP contribution in [-0.2, 0) is 6.18 Å². The topological polar surface area (TPSA) is 70.5 Å². The molecule has 1 aromatic heterocycles. The van der Waals surface area contributed by atoms with Crippen LogP contribution >= 0.6 is 11.6 Å². The predicted octanol–water partition coefficient (Wildman–Crippen LogP) is 8.62. The van der Waals surface area contributed by atoms with Crippen molar-refractivity contribution in [1.82, 2.24) is 4.98 Å². The molecule has 1 amide bonds. The van der Waals surface area contributed by atoms with Crippen molar-refractivity contribution in [1.29, 1.82) is 0 Å². The second-order valence-electron chi connectivity index (χ2n) is 8.56. The van der Waals surface area contributed by atoms with Crippen LogP contribution in [0.3, 0.4) is 0 Å². The maximum atomic E-state index is 13.9. The van der Waals surface area contributed by atoms with E-state index in [1.807, 2.05) is 0 Å². The van der Waals surface area contributed by atoms with E-state index in [1.165, 1.54) is 30.3 Å². The van der Waals surface area contributed by atoms with Crippen LogP contribution in [0.5, 0.6) is 0 Å². The van der Waals surface area contributed by atoms with Crippen molar-refractivity contribution in [2.45, 2.75) is 6.18 Å². The van der Waals surface area contributed by atoms with E-state index in [1.54, 1.807) is 60.7 Å². The molecule has 0 atom stereocenters. The summed E-state index contributed by atoms with van der Waals surface area (Å²) >= 11 is 6.28. The number of pyridine rings is 1. The fourth-order valence-electron chi connectivity index (χ4n) is 4.47. The molecule has 194 valence electrons. The van der Waals surface area contributed by atoms with Gasteiger partial charge in [-0.2, -0.15) is 13.2 Å². The van der Waals surface area contributed by atoms with E-state index in [9.17, 15) is 27.9 Å². The molecule has 0 saturated carbocycles. The summed E-state index contributed by atoms with van der Waals surface area (Å²) in [7, 11) is 0. The molecule has 5 nitrogen and oxygen atoms in total. The third-order valence-electron chi connectivity index (χ3n) is 6.16. The van der Waals surface area contributed by atoms with Gasteiger partial charge in [-0.05, 0) is 35.9 Å². The van der Waals surface area contributed by atoms with Crippen LogP contribution in [-0.4, -0.2) is 22.0 Å². The van der Waals surface area contributed by atoms with E-state index in [0.29, 0.717) is 11.1 Å². The number of amides is 1. The zero-order valence-electron chi connectivity index (χ0n) is 20.0. The van der Waals surface area contributed by atoms with Gasteiger partial charge in [0.15, 0.2) is 5.78 Å². The van der Waals surface area contributed by atoms with Gasteiger partial charge in [-0.1, -0.05) is 78.3 Å². The van der Waals surface area contributed by atoms with Gasteiger partial charge in [0, 0.05) is 28.3 Å². The number of fused-ring (bicyclic) bond motifs is 1. The lowest BCUT2D eigenvalue weighted by atomic mass is 9.91. The highest BCUT2D eigenvalue weighted by Crippen LogP contribution is 2.41. The maximum Gasteiger partial charge on any atom is 0.418 e. The molecule has 0 radical (unpaired) electrons. The van der Waals surface area contributed by atoms with Gasteiger partial charge in [0.05, 0.1) is 27.5 Å². The molecule has 4 aromatic carbocycles. The molecule has 0 unspecified atom stereocenters. The Morgan fingerprint density at radius 1 is 0.846 bits per heavy atom. The molecule has 5 aromatic rings. The number of hydrogen-bond donors (Lipinski definition) is 1. The van der Waals surface area contributed by atoms with Crippen LogP contribution in [0.25, 0.3) is 22.0 Å². The second kappa shape index (κ2) is 10.2. The van der Waals surface area contributed by atoms with Gasteiger partial charge in [-0.3, -0.25) is 9.78 Å². The van der Waals surface area contributed by atoms with Crippen molar-refractivity contribution >= 4 is 45.8 Å². The minimum absolute atomic E-state index is 0.0739. The number of hydrogen-bond acceptors (Lipinski definition) is 3. The molecule has 0 bridgehead atoms. The van der Waals surface area contributed by atoms with E-state index in [-0.39, 0.29) is 38.4 Å². The summed E-state index contributed by atoms with van der Waals surface area (Å²) in [6.45, 7) is 0. The number of benzene rings is 4. The Bertz CT molecular complexity index is 1720. The Balaban J connectivity index is 1.79. The lowest BCUT2D eigenvalue weighted by Gasteiger charge is -2.22. The summed E-state index contributed by atoms with van der Waals surface area (Å²) in [5.74, 6) is -0.441. The van der Waals surface area contributed by atoms with E-state index < -0.39 is 23.6 Å². The van der Waals surface area contributed by atoms with Crippen molar-refractivity contribution in [2.24, 2.45) is 0 Å². The first kappa shape index (κ1) is 25.9. The molecule has 0 aliphatic carbocycles. The third kappa shape index (κ3) is 4.94. The quantitative estimate of drug-likeness (QED) is 0.224. The number of rotatable bonds is 5. The van der Waals surface area contributed by atoms with Crippen LogP contribution < -0.4 is 4.90 Å². The minimum Gasteiger partial charge on any atom is -0.464 e. The smallest absolute Gasteiger partial charge is 0.418 e. The van der Waals surface area contributed by atoms with Crippen LogP contribution in [0.4, 0.5) is 29.3 Å². The molecule has 5 rings (SSSR count). The van der Waals surface area contributed by atoms with E-state index in [0.717, 1.165) is 17.2 Å².